The van der Waals surface area contributed by atoms with Crippen molar-refractivity contribution in [2.24, 2.45) is 5.92 Å². The van der Waals surface area contributed by atoms with Crippen LogP contribution in [0.15, 0.2) is 23.4 Å². The van der Waals surface area contributed by atoms with Crippen LogP contribution in [0.2, 0.25) is 10.0 Å². The van der Waals surface area contributed by atoms with Crippen LogP contribution >= 0.6 is 23.2 Å². The molecule has 0 saturated carbocycles. The molecule has 1 saturated heterocycles. The van der Waals surface area contributed by atoms with Gasteiger partial charge in [0, 0.05) is 19.3 Å². The van der Waals surface area contributed by atoms with Crippen molar-refractivity contribution >= 4 is 50.5 Å². The Bertz CT molecular complexity index is 1160. The van der Waals surface area contributed by atoms with E-state index in [1.807, 2.05) is 0 Å². The van der Waals surface area contributed by atoms with Crippen molar-refractivity contribution in [2.75, 3.05) is 30.9 Å². The van der Waals surface area contributed by atoms with Crippen LogP contribution in [0, 0.1) is 16.0 Å². The second-order valence-corrected chi connectivity index (χ2v) is 10.0. The van der Waals surface area contributed by atoms with E-state index in [0.29, 0.717) is 25.9 Å². The molecule has 11 nitrogen and oxygen atoms in total. The first kappa shape index (κ1) is 24.9. The van der Waals surface area contributed by atoms with Crippen molar-refractivity contribution in [1.82, 2.24) is 9.97 Å². The Kier molecular flexibility index (Phi) is 7.60. The van der Waals surface area contributed by atoms with Gasteiger partial charge in [0.1, 0.15) is 6.33 Å². The number of nitro groups is 1. The van der Waals surface area contributed by atoms with Gasteiger partial charge in [-0.05, 0) is 31.9 Å². The number of benzene rings is 1. The number of rotatable bonds is 7. The summed E-state index contributed by atoms with van der Waals surface area (Å²) in [5, 5.41) is 11.6. The smallest absolute Gasteiger partial charge is 0.373 e. The summed E-state index contributed by atoms with van der Waals surface area (Å²) in [6.45, 7) is 2.69. The molecule has 178 valence electrons. The lowest BCUT2D eigenvalue weighted by Gasteiger charge is -2.31. The maximum Gasteiger partial charge on any atom is 0.373 e. The molecule has 0 bridgehead atoms. The molecule has 14 heteroatoms. The van der Waals surface area contributed by atoms with Crippen molar-refractivity contribution < 1.29 is 27.6 Å². The molecular weight excluding hydrogens is 499 g/mol. The molecule has 1 fully saturated rings. The number of aromatic nitrogens is 2. The number of hydrogen-bond donors (Lipinski definition) is 0. The van der Waals surface area contributed by atoms with Crippen LogP contribution in [0.3, 0.4) is 0 Å². The molecule has 1 aromatic carbocycles. The molecule has 0 unspecified atom stereocenters. The largest absolute Gasteiger partial charge is 0.466 e. The summed E-state index contributed by atoms with van der Waals surface area (Å²) in [4.78, 5) is 32.6. The van der Waals surface area contributed by atoms with Crippen LogP contribution < -0.4 is 9.64 Å². The normalized spacial score (nSPS) is 14.7. The minimum absolute atomic E-state index is 0.0207. The SMILES string of the molecule is CCOC(=O)C1CCN(c2ncnc(Oc3c(Cl)cc(S(C)(=O)=O)cc3Cl)c2[N+](=O)[O-])CC1. The second-order valence-electron chi connectivity index (χ2n) is 7.21. The third-order valence-corrected chi connectivity index (χ3v) is 6.62. The van der Waals surface area contributed by atoms with Gasteiger partial charge < -0.3 is 14.4 Å². The van der Waals surface area contributed by atoms with Gasteiger partial charge in [0.2, 0.25) is 5.82 Å². The van der Waals surface area contributed by atoms with Crippen LogP contribution in [0.1, 0.15) is 19.8 Å². The lowest BCUT2D eigenvalue weighted by Crippen LogP contribution is -2.37. The van der Waals surface area contributed by atoms with Gasteiger partial charge in [0.25, 0.3) is 0 Å². The first-order valence-electron chi connectivity index (χ1n) is 9.80. The summed E-state index contributed by atoms with van der Waals surface area (Å²) in [6.07, 6.45) is 2.98. The van der Waals surface area contributed by atoms with Crippen LogP contribution in [-0.4, -0.2) is 55.2 Å². The van der Waals surface area contributed by atoms with Gasteiger partial charge in [-0.25, -0.2) is 13.4 Å². The van der Waals surface area contributed by atoms with E-state index in [1.54, 1.807) is 11.8 Å². The van der Waals surface area contributed by atoms with Gasteiger partial charge in [-0.15, -0.1) is 0 Å². The van der Waals surface area contributed by atoms with Crippen LogP contribution in [0.25, 0.3) is 0 Å². The summed E-state index contributed by atoms with van der Waals surface area (Å²) < 4.78 is 34.2. The Morgan fingerprint density at radius 2 is 1.85 bits per heavy atom. The second kappa shape index (κ2) is 10.1. The van der Waals surface area contributed by atoms with Crippen molar-refractivity contribution in [3.05, 3.63) is 38.6 Å². The van der Waals surface area contributed by atoms with E-state index in [1.165, 1.54) is 0 Å². The lowest BCUT2D eigenvalue weighted by molar-refractivity contribution is -0.385. The molecular formula is C19H20Cl2N4O7S. The first-order chi connectivity index (χ1) is 15.5. The third kappa shape index (κ3) is 5.63. The highest BCUT2D eigenvalue weighted by Crippen LogP contribution is 2.42. The number of carbonyl (C=O) groups excluding carboxylic acids is 1. The molecule has 2 heterocycles. The number of anilines is 1. The first-order valence-corrected chi connectivity index (χ1v) is 12.5. The average Bonchev–Trinajstić information content (AvgIpc) is 2.75. The molecule has 33 heavy (non-hydrogen) atoms. The molecule has 0 aliphatic carbocycles. The van der Waals surface area contributed by atoms with Gasteiger partial charge in [-0.1, -0.05) is 23.2 Å². The molecule has 0 N–H and O–H groups in total. The Hall–Kier alpha value is -2.70. The maximum atomic E-state index is 12.0. The van der Waals surface area contributed by atoms with Gasteiger partial charge in [0.05, 0.1) is 32.4 Å². The van der Waals surface area contributed by atoms with E-state index in [4.69, 9.17) is 32.7 Å². The summed E-state index contributed by atoms with van der Waals surface area (Å²) in [7, 11) is -3.59. The Morgan fingerprint density at radius 1 is 1.24 bits per heavy atom. The van der Waals surface area contributed by atoms with Gasteiger partial charge in [-0.3, -0.25) is 14.9 Å². The number of sulfone groups is 1. The fourth-order valence-corrected chi connectivity index (χ4v) is 4.71. The van der Waals surface area contributed by atoms with E-state index >= 15 is 0 Å². The van der Waals surface area contributed by atoms with Crippen molar-refractivity contribution in [2.45, 2.75) is 24.7 Å². The number of piperidine rings is 1. The van der Waals surface area contributed by atoms with E-state index in [2.05, 4.69) is 9.97 Å². The van der Waals surface area contributed by atoms with Crippen LogP contribution in [-0.2, 0) is 19.4 Å². The Labute approximate surface area is 199 Å². The molecule has 0 atom stereocenters. The fourth-order valence-electron chi connectivity index (χ4n) is 3.35. The quantitative estimate of drug-likeness (QED) is 0.302. The lowest BCUT2D eigenvalue weighted by atomic mass is 9.97. The highest BCUT2D eigenvalue weighted by atomic mass is 35.5. The summed E-state index contributed by atoms with van der Waals surface area (Å²) in [6, 6.07) is 2.26. The minimum atomic E-state index is -3.59. The number of halogens is 2. The zero-order valence-electron chi connectivity index (χ0n) is 17.7. The Balaban J connectivity index is 1.91. The van der Waals surface area contributed by atoms with E-state index in [9.17, 15) is 23.3 Å². The van der Waals surface area contributed by atoms with Crippen molar-refractivity contribution in [1.29, 1.82) is 0 Å². The summed E-state index contributed by atoms with van der Waals surface area (Å²) in [5.74, 6) is -1.15. The molecule has 3 rings (SSSR count). The van der Waals surface area contributed by atoms with E-state index < -0.39 is 26.3 Å². The molecule has 1 aliphatic heterocycles. The molecule has 0 radical (unpaired) electrons. The monoisotopic (exact) mass is 518 g/mol. The standard InChI is InChI=1S/C19H20Cl2N4O7S/c1-3-31-19(26)11-4-6-24(7-5-11)17-15(25(27)28)18(23-10-22-17)32-16-13(20)8-12(9-14(16)21)33(2,29)30/h8-11H,3-7H2,1-2H3. The highest BCUT2D eigenvalue weighted by Gasteiger charge is 2.33. The fraction of sp³-hybridized carbons (Fsp3) is 0.421. The molecule has 1 aromatic heterocycles. The zero-order valence-corrected chi connectivity index (χ0v) is 20.0. The maximum absolute atomic E-state index is 12.0. The number of nitrogens with zero attached hydrogens (tertiary/aromatic N) is 4. The van der Waals surface area contributed by atoms with Gasteiger partial charge in [-0.2, -0.15) is 4.98 Å². The molecule has 1 aliphatic rings. The molecule has 2 aromatic rings. The molecule has 0 spiro atoms. The zero-order chi connectivity index (χ0) is 24.3. The topological polar surface area (TPSA) is 142 Å². The number of carbonyl (C=O) groups is 1. The average molecular weight is 519 g/mol. The van der Waals surface area contributed by atoms with Crippen molar-refractivity contribution in [3.63, 3.8) is 0 Å². The summed E-state index contributed by atoms with van der Waals surface area (Å²) in [5.41, 5.74) is -0.508. The highest BCUT2D eigenvalue weighted by molar-refractivity contribution is 7.90. The van der Waals surface area contributed by atoms with Crippen LogP contribution in [0.4, 0.5) is 11.5 Å². The van der Waals surface area contributed by atoms with Gasteiger partial charge >= 0.3 is 17.5 Å². The predicted molar refractivity (Wildman–Crippen MR) is 120 cm³/mol. The van der Waals surface area contributed by atoms with Crippen molar-refractivity contribution in [3.8, 4) is 11.6 Å². The number of esters is 1. The van der Waals surface area contributed by atoms with Crippen LogP contribution in [0.5, 0.6) is 11.6 Å². The third-order valence-electron chi connectivity index (χ3n) is 4.97. The predicted octanol–water partition coefficient (Wildman–Crippen LogP) is 3.67. The summed E-state index contributed by atoms with van der Waals surface area (Å²) >= 11 is 12.3. The number of hydrogen-bond acceptors (Lipinski definition) is 10. The molecule has 0 amide bonds. The van der Waals surface area contributed by atoms with E-state index in [-0.39, 0.29) is 45.0 Å². The van der Waals surface area contributed by atoms with E-state index in [0.717, 1.165) is 24.7 Å². The minimum Gasteiger partial charge on any atom is -0.466 e. The number of ether oxygens (including phenoxy) is 2. The Morgan fingerprint density at radius 3 is 2.36 bits per heavy atom. The van der Waals surface area contributed by atoms with Gasteiger partial charge in [0.15, 0.2) is 15.6 Å².